The van der Waals surface area contributed by atoms with E-state index in [2.05, 4.69) is 5.32 Å². The molecule has 0 saturated carbocycles. The Balaban J connectivity index is 2.12. The van der Waals surface area contributed by atoms with Crippen LogP contribution in [0.2, 0.25) is 0 Å². The highest BCUT2D eigenvalue weighted by atomic mass is 32.2. The van der Waals surface area contributed by atoms with Crippen molar-refractivity contribution in [1.29, 1.82) is 0 Å². The van der Waals surface area contributed by atoms with Gasteiger partial charge >= 0.3 is 0 Å². The van der Waals surface area contributed by atoms with Crippen molar-refractivity contribution in [2.24, 2.45) is 5.73 Å². The van der Waals surface area contributed by atoms with Crippen molar-refractivity contribution in [3.8, 4) is 0 Å². The first-order valence-electron chi connectivity index (χ1n) is 8.16. The Morgan fingerprint density at radius 1 is 1.12 bits per heavy atom. The molecule has 2 aromatic carbocycles. The highest BCUT2D eigenvalue weighted by Crippen LogP contribution is 2.27. The van der Waals surface area contributed by atoms with Crippen LogP contribution in [0, 0.1) is 0 Å². The van der Waals surface area contributed by atoms with Gasteiger partial charge < -0.3 is 16.0 Å². The molecular weight excluding hydrogens is 334 g/mol. The van der Waals surface area contributed by atoms with Crippen molar-refractivity contribution in [3.05, 3.63) is 54.6 Å². The normalized spacial score (nSPS) is 11.6. The summed E-state index contributed by atoms with van der Waals surface area (Å²) in [7, 11) is 0. The molecule has 0 saturated heterocycles. The maximum atomic E-state index is 12.8. The number of thioether (sulfide) groups is 1. The second-order valence-electron chi connectivity index (χ2n) is 5.54. The Labute approximate surface area is 152 Å². The van der Waals surface area contributed by atoms with Crippen LogP contribution in [0.5, 0.6) is 0 Å². The molecule has 6 heteroatoms. The fourth-order valence-corrected chi connectivity index (χ4v) is 3.22. The predicted octanol–water partition coefficient (Wildman–Crippen LogP) is 3.12. The number of likely N-dealkylation sites (N-methyl/N-ethyl adjacent to an activating group) is 1. The molecule has 1 atom stereocenters. The maximum absolute atomic E-state index is 12.8. The Morgan fingerprint density at radius 3 is 2.40 bits per heavy atom. The molecule has 0 aromatic heterocycles. The highest BCUT2D eigenvalue weighted by Gasteiger charge is 2.21. The first-order chi connectivity index (χ1) is 12.0. The van der Waals surface area contributed by atoms with Crippen LogP contribution in [0.15, 0.2) is 59.5 Å². The zero-order chi connectivity index (χ0) is 18.2. The lowest BCUT2D eigenvalue weighted by molar-refractivity contribution is -0.119. The molecule has 2 rings (SSSR count). The Morgan fingerprint density at radius 2 is 1.76 bits per heavy atom. The minimum absolute atomic E-state index is 0.0107. The van der Waals surface area contributed by atoms with Gasteiger partial charge in [-0.3, -0.25) is 9.59 Å². The number of anilines is 2. The Kier molecular flexibility index (Phi) is 6.89. The Bertz CT molecular complexity index is 722. The third-order valence-corrected chi connectivity index (χ3v) is 4.75. The molecule has 0 heterocycles. The van der Waals surface area contributed by atoms with Crippen LogP contribution >= 0.6 is 11.8 Å². The molecule has 0 bridgehead atoms. The first-order valence-corrected chi connectivity index (χ1v) is 9.14. The van der Waals surface area contributed by atoms with E-state index < -0.39 is 6.04 Å². The summed E-state index contributed by atoms with van der Waals surface area (Å²) in [6, 6.07) is 16.8. The number of nitrogens with one attached hydrogen (secondary N) is 1. The SMILES string of the molecule is CCN(C(=O)[C@H](C)Nc1ccccc1SCC(N)=O)c1ccccc1. The van der Waals surface area contributed by atoms with Gasteiger partial charge in [-0.15, -0.1) is 11.8 Å². The number of primary amides is 1. The van der Waals surface area contributed by atoms with Gasteiger partial charge in [0.15, 0.2) is 0 Å². The molecule has 5 nitrogen and oxygen atoms in total. The molecule has 0 aliphatic heterocycles. The number of para-hydroxylation sites is 2. The number of hydrogen-bond donors (Lipinski definition) is 2. The monoisotopic (exact) mass is 357 g/mol. The van der Waals surface area contributed by atoms with Gasteiger partial charge in [-0.2, -0.15) is 0 Å². The van der Waals surface area contributed by atoms with Gasteiger partial charge in [0.05, 0.1) is 5.75 Å². The highest BCUT2D eigenvalue weighted by molar-refractivity contribution is 8.00. The lowest BCUT2D eigenvalue weighted by Gasteiger charge is -2.26. The van der Waals surface area contributed by atoms with E-state index in [9.17, 15) is 9.59 Å². The quantitative estimate of drug-likeness (QED) is 0.712. The van der Waals surface area contributed by atoms with E-state index in [-0.39, 0.29) is 17.6 Å². The first kappa shape index (κ1) is 18.9. The molecule has 0 spiro atoms. The van der Waals surface area contributed by atoms with E-state index in [4.69, 9.17) is 5.73 Å². The molecule has 25 heavy (non-hydrogen) atoms. The lowest BCUT2D eigenvalue weighted by atomic mass is 10.2. The number of rotatable bonds is 8. The number of nitrogens with two attached hydrogens (primary N) is 1. The zero-order valence-corrected chi connectivity index (χ0v) is 15.3. The van der Waals surface area contributed by atoms with Crippen LogP contribution in [0.25, 0.3) is 0 Å². The largest absolute Gasteiger partial charge is 0.373 e. The number of amides is 2. The van der Waals surface area contributed by atoms with E-state index in [0.717, 1.165) is 16.3 Å². The summed E-state index contributed by atoms with van der Waals surface area (Å²) < 4.78 is 0. The molecule has 3 N–H and O–H groups in total. The second-order valence-corrected chi connectivity index (χ2v) is 6.55. The molecule has 0 fully saturated rings. The molecule has 0 aliphatic rings. The fourth-order valence-electron chi connectivity index (χ4n) is 2.46. The third kappa shape index (κ3) is 5.26. The van der Waals surface area contributed by atoms with Gasteiger partial charge in [-0.05, 0) is 38.1 Å². The molecule has 0 unspecified atom stereocenters. The number of carbonyl (C=O) groups excluding carboxylic acids is 2. The van der Waals surface area contributed by atoms with Crippen molar-refractivity contribution in [1.82, 2.24) is 0 Å². The molecule has 2 amide bonds. The average Bonchev–Trinajstić information content (AvgIpc) is 2.62. The summed E-state index contributed by atoms with van der Waals surface area (Å²) in [5, 5.41) is 3.25. The van der Waals surface area contributed by atoms with Crippen LogP contribution in [-0.2, 0) is 9.59 Å². The van der Waals surface area contributed by atoms with Crippen LogP contribution < -0.4 is 16.0 Å². The van der Waals surface area contributed by atoms with Gasteiger partial charge in [0.2, 0.25) is 11.8 Å². The van der Waals surface area contributed by atoms with E-state index in [1.54, 1.807) is 4.90 Å². The zero-order valence-electron chi connectivity index (χ0n) is 14.4. The topological polar surface area (TPSA) is 75.4 Å². The summed E-state index contributed by atoms with van der Waals surface area (Å²) in [6.07, 6.45) is 0. The predicted molar refractivity (Wildman–Crippen MR) is 104 cm³/mol. The maximum Gasteiger partial charge on any atom is 0.249 e. The van der Waals surface area contributed by atoms with Gasteiger partial charge in [0.1, 0.15) is 6.04 Å². The summed E-state index contributed by atoms with van der Waals surface area (Å²) in [5.41, 5.74) is 6.91. The fraction of sp³-hybridized carbons (Fsp3) is 0.263. The van der Waals surface area contributed by atoms with Crippen LogP contribution in [0.1, 0.15) is 13.8 Å². The van der Waals surface area contributed by atoms with Crippen LogP contribution in [0.4, 0.5) is 11.4 Å². The van der Waals surface area contributed by atoms with Crippen LogP contribution in [-0.4, -0.2) is 30.2 Å². The van der Waals surface area contributed by atoms with Crippen molar-refractivity contribution in [3.63, 3.8) is 0 Å². The van der Waals surface area contributed by atoms with Gasteiger partial charge in [-0.1, -0.05) is 30.3 Å². The summed E-state index contributed by atoms with van der Waals surface area (Å²) in [6.45, 7) is 4.38. The molecule has 0 radical (unpaired) electrons. The minimum atomic E-state index is -0.407. The molecule has 0 aliphatic carbocycles. The average molecular weight is 357 g/mol. The Hall–Kier alpha value is -2.47. The summed E-state index contributed by atoms with van der Waals surface area (Å²) >= 11 is 1.36. The molecular formula is C19H23N3O2S. The lowest BCUT2D eigenvalue weighted by Crippen LogP contribution is -2.41. The number of carbonyl (C=O) groups is 2. The van der Waals surface area contributed by atoms with E-state index in [1.165, 1.54) is 11.8 Å². The van der Waals surface area contributed by atoms with E-state index >= 15 is 0 Å². The second kappa shape index (κ2) is 9.13. The van der Waals surface area contributed by atoms with E-state index in [1.807, 2.05) is 68.4 Å². The molecule has 2 aromatic rings. The van der Waals surface area contributed by atoms with E-state index in [0.29, 0.717) is 6.54 Å². The van der Waals surface area contributed by atoms with Crippen molar-refractivity contribution in [2.75, 3.05) is 22.5 Å². The van der Waals surface area contributed by atoms with Crippen molar-refractivity contribution < 1.29 is 9.59 Å². The minimum Gasteiger partial charge on any atom is -0.373 e. The van der Waals surface area contributed by atoms with Gasteiger partial charge in [0, 0.05) is 22.8 Å². The van der Waals surface area contributed by atoms with Crippen LogP contribution in [0.3, 0.4) is 0 Å². The molecule has 132 valence electrons. The van der Waals surface area contributed by atoms with Gasteiger partial charge in [0.25, 0.3) is 0 Å². The summed E-state index contributed by atoms with van der Waals surface area (Å²) in [4.78, 5) is 26.5. The van der Waals surface area contributed by atoms with Gasteiger partial charge in [-0.25, -0.2) is 0 Å². The number of hydrogen-bond acceptors (Lipinski definition) is 4. The van der Waals surface area contributed by atoms with Crippen molar-refractivity contribution >= 4 is 35.0 Å². The van der Waals surface area contributed by atoms with Crippen molar-refractivity contribution in [2.45, 2.75) is 24.8 Å². The standard InChI is InChI=1S/C19H23N3O2S/c1-3-22(15-9-5-4-6-10-15)19(24)14(2)21-16-11-7-8-12-17(16)25-13-18(20)23/h4-12,14,21H,3,13H2,1-2H3,(H2,20,23)/t14-/m0/s1. The number of nitrogens with zero attached hydrogens (tertiary/aromatic N) is 1. The summed E-state index contributed by atoms with van der Waals surface area (Å²) in [5.74, 6) is -0.180. The number of benzene rings is 2. The smallest absolute Gasteiger partial charge is 0.249 e. The third-order valence-electron chi connectivity index (χ3n) is 3.65.